The highest BCUT2D eigenvalue weighted by Crippen LogP contribution is 2.35. The Hall–Kier alpha value is -4.04. The second-order valence-electron chi connectivity index (χ2n) is 8.16. The average Bonchev–Trinajstić information content (AvgIpc) is 3.20. The molecular weight excluding hydrogens is 388 g/mol. The topological polar surface area (TPSA) is 8.17 Å². The number of fused-ring (bicyclic) bond motifs is 3. The zero-order valence-electron chi connectivity index (χ0n) is 17.9. The second-order valence-corrected chi connectivity index (χ2v) is 8.16. The third kappa shape index (κ3) is 3.12. The van der Waals surface area contributed by atoms with Crippen LogP contribution in [0.1, 0.15) is 12.8 Å². The molecule has 6 rings (SSSR count). The van der Waals surface area contributed by atoms with E-state index in [9.17, 15) is 0 Å². The minimum Gasteiger partial charge on any atom is -0.310 e. The molecule has 32 heavy (non-hydrogen) atoms. The molecule has 4 aromatic carbocycles. The number of anilines is 3. The molecule has 0 radical (unpaired) electrons. The molecule has 0 saturated heterocycles. The largest absolute Gasteiger partial charge is 0.310 e. The molecule has 0 amide bonds. The molecule has 0 unspecified atom stereocenters. The zero-order valence-corrected chi connectivity index (χ0v) is 17.9. The number of hydrogen-bond acceptors (Lipinski definition) is 1. The number of hydrogen-bond donors (Lipinski definition) is 0. The highest BCUT2D eigenvalue weighted by Gasteiger charge is 2.16. The molecule has 1 aliphatic carbocycles. The SMILES string of the molecule is C1=c2c(n(-c3ccccc3)c3cc(N(c4ccccc4)c4ccccc4)ccc23)=CCC1. The number of para-hydroxylation sites is 3. The third-order valence-electron chi connectivity index (χ3n) is 6.18. The van der Waals surface area contributed by atoms with Gasteiger partial charge in [-0.05, 0) is 61.4 Å². The first-order valence-corrected chi connectivity index (χ1v) is 11.2. The molecule has 0 atom stereocenters. The highest BCUT2D eigenvalue weighted by atomic mass is 15.1. The molecule has 0 saturated carbocycles. The van der Waals surface area contributed by atoms with Crippen molar-refractivity contribution in [1.82, 2.24) is 4.57 Å². The molecule has 2 nitrogen and oxygen atoms in total. The third-order valence-corrected chi connectivity index (χ3v) is 6.18. The molecule has 2 heteroatoms. The predicted octanol–water partition coefficient (Wildman–Crippen LogP) is 6.46. The van der Waals surface area contributed by atoms with Crippen LogP contribution >= 0.6 is 0 Å². The van der Waals surface area contributed by atoms with Gasteiger partial charge < -0.3 is 9.47 Å². The van der Waals surface area contributed by atoms with Crippen molar-refractivity contribution in [3.05, 3.63) is 120 Å². The van der Waals surface area contributed by atoms with Gasteiger partial charge in [-0.2, -0.15) is 0 Å². The molecule has 0 aliphatic heterocycles. The quantitative estimate of drug-likeness (QED) is 0.329. The molecule has 1 heterocycles. The van der Waals surface area contributed by atoms with Crippen LogP contribution in [-0.2, 0) is 0 Å². The van der Waals surface area contributed by atoms with Crippen molar-refractivity contribution >= 4 is 40.1 Å². The summed E-state index contributed by atoms with van der Waals surface area (Å²) in [4.78, 5) is 2.33. The van der Waals surface area contributed by atoms with Gasteiger partial charge in [0.05, 0.1) is 5.52 Å². The summed E-state index contributed by atoms with van der Waals surface area (Å²) in [6.45, 7) is 0. The van der Waals surface area contributed by atoms with E-state index in [0.29, 0.717) is 0 Å². The molecule has 0 N–H and O–H groups in total. The van der Waals surface area contributed by atoms with Crippen LogP contribution in [0.2, 0.25) is 0 Å². The van der Waals surface area contributed by atoms with Gasteiger partial charge in [0.2, 0.25) is 0 Å². The Morgan fingerprint density at radius 2 is 1.16 bits per heavy atom. The van der Waals surface area contributed by atoms with E-state index in [1.54, 1.807) is 0 Å². The summed E-state index contributed by atoms with van der Waals surface area (Å²) >= 11 is 0. The van der Waals surface area contributed by atoms with E-state index in [1.165, 1.54) is 27.2 Å². The van der Waals surface area contributed by atoms with Gasteiger partial charge in [-0.25, -0.2) is 0 Å². The average molecular weight is 413 g/mol. The molecule has 1 aliphatic rings. The fraction of sp³-hybridized carbons (Fsp3) is 0.0667. The maximum atomic E-state index is 2.41. The molecule has 5 aromatic rings. The van der Waals surface area contributed by atoms with Crippen LogP contribution in [0.5, 0.6) is 0 Å². The van der Waals surface area contributed by atoms with Crippen molar-refractivity contribution in [2.24, 2.45) is 0 Å². The predicted molar refractivity (Wildman–Crippen MR) is 135 cm³/mol. The van der Waals surface area contributed by atoms with Gasteiger partial charge in [0.15, 0.2) is 0 Å². The maximum absolute atomic E-state index is 2.41. The summed E-state index contributed by atoms with van der Waals surface area (Å²) in [7, 11) is 0. The van der Waals surface area contributed by atoms with Crippen LogP contribution in [0.3, 0.4) is 0 Å². The van der Waals surface area contributed by atoms with Crippen molar-refractivity contribution in [1.29, 1.82) is 0 Å². The Morgan fingerprint density at radius 3 is 1.81 bits per heavy atom. The van der Waals surface area contributed by atoms with Crippen molar-refractivity contribution in [2.45, 2.75) is 12.8 Å². The van der Waals surface area contributed by atoms with Gasteiger partial charge in [-0.15, -0.1) is 0 Å². The van der Waals surface area contributed by atoms with E-state index >= 15 is 0 Å². The molecule has 1 aromatic heterocycles. The first-order valence-electron chi connectivity index (χ1n) is 11.2. The number of nitrogens with zero attached hydrogens (tertiary/aromatic N) is 2. The van der Waals surface area contributed by atoms with Crippen LogP contribution in [0.4, 0.5) is 17.1 Å². The molecule has 0 bridgehead atoms. The van der Waals surface area contributed by atoms with Gasteiger partial charge in [0, 0.05) is 38.7 Å². The first kappa shape index (κ1) is 18.7. The number of rotatable bonds is 4. The van der Waals surface area contributed by atoms with Crippen LogP contribution in [0.25, 0.3) is 28.7 Å². The Labute approximate surface area is 188 Å². The van der Waals surface area contributed by atoms with Crippen molar-refractivity contribution < 1.29 is 0 Å². The lowest BCUT2D eigenvalue weighted by Crippen LogP contribution is -2.30. The molecular formula is C30H24N2. The lowest BCUT2D eigenvalue weighted by atomic mass is 10.1. The Balaban J connectivity index is 1.65. The Bertz CT molecular complexity index is 1460. The minimum absolute atomic E-state index is 1.09. The van der Waals surface area contributed by atoms with E-state index in [0.717, 1.165) is 29.9 Å². The van der Waals surface area contributed by atoms with Crippen LogP contribution < -0.4 is 15.5 Å². The summed E-state index contributed by atoms with van der Waals surface area (Å²) < 4.78 is 2.41. The first-order chi connectivity index (χ1) is 15.9. The smallest absolute Gasteiger partial charge is 0.0561 e. The van der Waals surface area contributed by atoms with Crippen LogP contribution in [-0.4, -0.2) is 4.57 Å². The number of aromatic nitrogens is 1. The lowest BCUT2D eigenvalue weighted by Gasteiger charge is -2.25. The summed E-state index contributed by atoms with van der Waals surface area (Å²) in [6.07, 6.45) is 6.96. The summed E-state index contributed by atoms with van der Waals surface area (Å²) in [6, 6.07) is 38.8. The standard InChI is InChI=1S/C30H24N2/c1-4-12-23(13-5-1)31(24-14-6-2-7-15-24)26-20-21-28-27-18-10-11-19-29(27)32(30(28)22-26)25-16-8-3-9-17-25/h1-9,12-22H,10-11H2. The maximum Gasteiger partial charge on any atom is 0.0561 e. The van der Waals surface area contributed by atoms with Crippen LogP contribution in [0.15, 0.2) is 109 Å². The van der Waals surface area contributed by atoms with Crippen LogP contribution in [0, 0.1) is 0 Å². The van der Waals surface area contributed by atoms with Crippen molar-refractivity contribution in [2.75, 3.05) is 4.90 Å². The second kappa shape index (κ2) is 7.90. The fourth-order valence-corrected chi connectivity index (χ4v) is 4.78. The number of benzene rings is 4. The zero-order chi connectivity index (χ0) is 21.3. The summed E-state index contributed by atoms with van der Waals surface area (Å²) in [5, 5.41) is 3.97. The van der Waals surface area contributed by atoms with E-state index in [4.69, 9.17) is 0 Å². The Morgan fingerprint density at radius 1 is 0.562 bits per heavy atom. The van der Waals surface area contributed by atoms with E-state index in [1.807, 2.05) is 0 Å². The molecule has 0 fully saturated rings. The molecule has 0 spiro atoms. The van der Waals surface area contributed by atoms with Gasteiger partial charge in [-0.3, -0.25) is 0 Å². The lowest BCUT2D eigenvalue weighted by molar-refractivity contribution is 1.02. The van der Waals surface area contributed by atoms with Gasteiger partial charge >= 0.3 is 0 Å². The van der Waals surface area contributed by atoms with E-state index < -0.39 is 0 Å². The van der Waals surface area contributed by atoms with Gasteiger partial charge in [0.1, 0.15) is 0 Å². The summed E-state index contributed by atoms with van der Waals surface area (Å²) in [5.41, 5.74) is 5.90. The fourth-order valence-electron chi connectivity index (χ4n) is 4.78. The summed E-state index contributed by atoms with van der Waals surface area (Å²) in [5.74, 6) is 0. The van der Waals surface area contributed by atoms with E-state index in [-0.39, 0.29) is 0 Å². The van der Waals surface area contributed by atoms with Gasteiger partial charge in [0.25, 0.3) is 0 Å². The van der Waals surface area contributed by atoms with Crippen molar-refractivity contribution in [3.8, 4) is 5.69 Å². The normalized spacial score (nSPS) is 12.6. The minimum atomic E-state index is 1.09. The van der Waals surface area contributed by atoms with Crippen molar-refractivity contribution in [3.63, 3.8) is 0 Å². The van der Waals surface area contributed by atoms with Gasteiger partial charge in [-0.1, -0.05) is 72.8 Å². The van der Waals surface area contributed by atoms with E-state index in [2.05, 4.69) is 131 Å². The Kier molecular flexibility index (Phi) is 4.62. The monoisotopic (exact) mass is 412 g/mol. The highest BCUT2D eigenvalue weighted by molar-refractivity contribution is 5.90. The molecule has 154 valence electrons.